The van der Waals surface area contributed by atoms with Crippen LogP contribution in [0.1, 0.15) is 18.6 Å². The van der Waals surface area contributed by atoms with E-state index < -0.39 is 24.3 Å². The van der Waals surface area contributed by atoms with Crippen molar-refractivity contribution in [2.75, 3.05) is 39.4 Å². The van der Waals surface area contributed by atoms with Gasteiger partial charge in [-0.1, -0.05) is 30.4 Å². The number of anilines is 1. The lowest BCUT2D eigenvalue weighted by Gasteiger charge is -2.24. The van der Waals surface area contributed by atoms with Gasteiger partial charge in [-0.05, 0) is 48.9 Å². The van der Waals surface area contributed by atoms with Gasteiger partial charge in [-0.15, -0.1) is 0 Å². The second kappa shape index (κ2) is 15.2. The molecule has 0 saturated carbocycles. The first-order valence-electron chi connectivity index (χ1n) is 11.0. The fourth-order valence-electron chi connectivity index (χ4n) is 2.98. The summed E-state index contributed by atoms with van der Waals surface area (Å²) in [5, 5.41) is 11.6. The van der Waals surface area contributed by atoms with Crippen molar-refractivity contribution >= 4 is 17.7 Å². The third-order valence-electron chi connectivity index (χ3n) is 4.64. The van der Waals surface area contributed by atoms with Gasteiger partial charge in [-0.2, -0.15) is 0 Å². The Morgan fingerprint density at radius 3 is 2.29 bits per heavy atom. The highest BCUT2D eigenvalue weighted by Crippen LogP contribution is 2.27. The Bertz CT molecular complexity index is 970. The Morgan fingerprint density at radius 1 is 1.00 bits per heavy atom. The molecule has 0 aliphatic carbocycles. The zero-order valence-electron chi connectivity index (χ0n) is 20.0. The monoisotopic (exact) mass is 485 g/mol. The number of esters is 1. The Balaban J connectivity index is 2.20. The Morgan fingerprint density at radius 2 is 1.69 bits per heavy atom. The molecule has 0 bridgehead atoms. The molecule has 0 saturated heterocycles. The lowest BCUT2D eigenvalue weighted by atomic mass is 10.0. The van der Waals surface area contributed by atoms with E-state index in [0.717, 1.165) is 0 Å². The molecule has 2 aromatic rings. The molecular weight excluding hydrogens is 454 g/mol. The van der Waals surface area contributed by atoms with Crippen LogP contribution in [0.15, 0.2) is 72.8 Å². The van der Waals surface area contributed by atoms with Gasteiger partial charge >= 0.3 is 12.1 Å². The zero-order chi connectivity index (χ0) is 25.5. The van der Waals surface area contributed by atoms with Crippen molar-refractivity contribution < 1.29 is 38.4 Å². The number of amides is 1. The maximum absolute atomic E-state index is 12.7. The summed E-state index contributed by atoms with van der Waals surface area (Å²) in [5.41, 5.74) is 1.18. The van der Waals surface area contributed by atoms with Gasteiger partial charge in [-0.3, -0.25) is 5.32 Å². The molecule has 1 amide bonds. The second-order valence-electron chi connectivity index (χ2n) is 7.02. The van der Waals surface area contributed by atoms with Crippen LogP contribution in [0.25, 0.3) is 0 Å². The molecule has 2 N–H and O–H groups in total. The number of hydrogen-bond acceptors (Lipinski definition) is 8. The standard InChI is InChI=1S/C26H31NO8/c1-4-33-24(29)8-6-5-7-23(32-3)25(19-9-13-22(14-10-19)34-18-17-28)35-26(30)27-20-11-15-21(31-2)16-12-20/h5-16,23,25,28H,4,17-18H2,1-3H3,(H,27,30)/b7-5+,8-6+/t23-,25-/m1/s1. The van der Waals surface area contributed by atoms with Crippen LogP contribution >= 0.6 is 0 Å². The van der Waals surface area contributed by atoms with E-state index in [9.17, 15) is 9.59 Å². The Labute approximate surface area is 204 Å². The Hall–Kier alpha value is -3.82. The highest BCUT2D eigenvalue weighted by molar-refractivity contribution is 5.85. The van der Waals surface area contributed by atoms with Crippen molar-refractivity contribution in [1.29, 1.82) is 0 Å². The Kier molecular flexibility index (Phi) is 11.9. The average Bonchev–Trinajstić information content (AvgIpc) is 2.87. The van der Waals surface area contributed by atoms with Gasteiger partial charge in [0.1, 0.15) is 24.2 Å². The second-order valence-corrected chi connectivity index (χ2v) is 7.02. The van der Waals surface area contributed by atoms with Gasteiger partial charge in [0.15, 0.2) is 6.10 Å². The van der Waals surface area contributed by atoms with E-state index in [2.05, 4.69) is 5.32 Å². The van der Waals surface area contributed by atoms with Crippen LogP contribution in [-0.4, -0.2) is 57.3 Å². The van der Waals surface area contributed by atoms with Gasteiger partial charge in [0, 0.05) is 18.9 Å². The number of methoxy groups -OCH3 is 2. The highest BCUT2D eigenvalue weighted by atomic mass is 16.6. The lowest BCUT2D eigenvalue weighted by Crippen LogP contribution is -2.26. The van der Waals surface area contributed by atoms with Gasteiger partial charge in [0.05, 0.1) is 20.3 Å². The van der Waals surface area contributed by atoms with Crippen molar-refractivity contribution in [3.8, 4) is 11.5 Å². The number of aliphatic hydroxyl groups is 1. The van der Waals surface area contributed by atoms with Crippen molar-refractivity contribution in [1.82, 2.24) is 0 Å². The predicted octanol–water partition coefficient (Wildman–Crippen LogP) is 4.05. The maximum atomic E-state index is 12.7. The summed E-state index contributed by atoms with van der Waals surface area (Å²) in [6.07, 6.45) is 3.90. The molecule has 2 rings (SSSR count). The van der Waals surface area contributed by atoms with E-state index in [1.807, 2.05) is 0 Å². The minimum atomic E-state index is -0.822. The molecule has 0 fully saturated rings. The van der Waals surface area contributed by atoms with Crippen molar-refractivity contribution in [2.24, 2.45) is 0 Å². The fourth-order valence-corrected chi connectivity index (χ4v) is 2.98. The van der Waals surface area contributed by atoms with Gasteiger partial charge in [-0.25, -0.2) is 9.59 Å². The summed E-state index contributed by atoms with van der Waals surface area (Å²) < 4.78 is 26.7. The quantitative estimate of drug-likeness (QED) is 0.248. The SMILES string of the molecule is CCOC(=O)/C=C/C=C/[C@@H](OC)[C@H](OC(=O)Nc1ccc(OC)cc1)c1ccc(OCCO)cc1. The number of carbonyl (C=O) groups excluding carboxylic acids is 2. The van der Waals surface area contributed by atoms with Crippen molar-refractivity contribution in [3.05, 3.63) is 78.4 Å². The summed E-state index contributed by atoms with van der Waals surface area (Å²) in [6.45, 7) is 2.07. The first-order chi connectivity index (χ1) is 17.0. The molecule has 0 aliphatic heterocycles. The van der Waals surface area contributed by atoms with Gasteiger partial charge < -0.3 is 28.8 Å². The van der Waals surface area contributed by atoms with E-state index in [-0.39, 0.29) is 19.8 Å². The van der Waals surface area contributed by atoms with E-state index in [1.54, 1.807) is 74.7 Å². The third kappa shape index (κ3) is 9.52. The topological polar surface area (TPSA) is 113 Å². The summed E-state index contributed by atoms with van der Waals surface area (Å²) in [4.78, 5) is 24.2. The number of benzene rings is 2. The maximum Gasteiger partial charge on any atom is 0.412 e. The molecule has 2 aromatic carbocycles. The van der Waals surface area contributed by atoms with Crippen LogP contribution in [0, 0.1) is 0 Å². The van der Waals surface area contributed by atoms with Crippen LogP contribution in [0.5, 0.6) is 11.5 Å². The number of nitrogens with one attached hydrogen (secondary N) is 1. The first kappa shape index (κ1) is 27.4. The summed E-state index contributed by atoms with van der Waals surface area (Å²) in [5.74, 6) is 0.758. The van der Waals surface area contributed by atoms with Crippen LogP contribution < -0.4 is 14.8 Å². The third-order valence-corrected chi connectivity index (χ3v) is 4.64. The molecule has 0 aliphatic rings. The first-order valence-corrected chi connectivity index (χ1v) is 11.0. The van der Waals surface area contributed by atoms with Crippen molar-refractivity contribution in [2.45, 2.75) is 19.1 Å². The van der Waals surface area contributed by atoms with E-state index in [4.69, 9.17) is 28.8 Å². The minimum absolute atomic E-state index is 0.102. The molecule has 0 aromatic heterocycles. The van der Waals surface area contributed by atoms with E-state index >= 15 is 0 Å². The number of carbonyl (C=O) groups is 2. The molecule has 0 unspecified atom stereocenters. The van der Waals surface area contributed by atoms with Crippen molar-refractivity contribution in [3.63, 3.8) is 0 Å². The number of hydrogen-bond donors (Lipinski definition) is 2. The molecule has 0 radical (unpaired) electrons. The molecule has 188 valence electrons. The number of ether oxygens (including phenoxy) is 5. The molecule has 0 heterocycles. The fraction of sp³-hybridized carbons (Fsp3) is 0.308. The van der Waals surface area contributed by atoms with Gasteiger partial charge in [0.2, 0.25) is 0 Å². The average molecular weight is 486 g/mol. The van der Waals surface area contributed by atoms with Crippen LogP contribution in [0.4, 0.5) is 10.5 Å². The highest BCUT2D eigenvalue weighted by Gasteiger charge is 2.25. The summed E-state index contributed by atoms with van der Waals surface area (Å²) in [6, 6.07) is 13.7. The molecular formula is C26H31NO8. The van der Waals surface area contributed by atoms with Crippen LogP contribution in [-0.2, 0) is 19.0 Å². The number of rotatable bonds is 13. The number of allylic oxidation sites excluding steroid dienone is 2. The molecule has 2 atom stereocenters. The minimum Gasteiger partial charge on any atom is -0.497 e. The van der Waals surface area contributed by atoms with Crippen LogP contribution in [0.2, 0.25) is 0 Å². The molecule has 9 heteroatoms. The van der Waals surface area contributed by atoms with Crippen LogP contribution in [0.3, 0.4) is 0 Å². The van der Waals surface area contributed by atoms with Gasteiger partial charge in [0.25, 0.3) is 0 Å². The van der Waals surface area contributed by atoms with E-state index in [1.165, 1.54) is 19.3 Å². The van der Waals surface area contributed by atoms with E-state index in [0.29, 0.717) is 22.7 Å². The summed E-state index contributed by atoms with van der Waals surface area (Å²) in [7, 11) is 3.04. The molecule has 35 heavy (non-hydrogen) atoms. The largest absolute Gasteiger partial charge is 0.497 e. The normalized spacial score (nSPS) is 12.8. The molecule has 9 nitrogen and oxygen atoms in total. The molecule has 0 spiro atoms. The lowest BCUT2D eigenvalue weighted by molar-refractivity contribution is -0.137. The predicted molar refractivity (Wildman–Crippen MR) is 131 cm³/mol. The zero-order valence-corrected chi connectivity index (χ0v) is 20.0. The smallest absolute Gasteiger partial charge is 0.412 e. The summed E-state index contributed by atoms with van der Waals surface area (Å²) >= 11 is 0. The number of aliphatic hydroxyl groups excluding tert-OH is 1.